The molecule has 0 aromatic carbocycles. The molecule has 1 aromatic heterocycles. The van der Waals surface area contributed by atoms with Crippen molar-refractivity contribution < 1.29 is 37.0 Å². The van der Waals surface area contributed by atoms with Crippen LogP contribution in [0.15, 0.2) is 17.1 Å². The second-order valence-corrected chi connectivity index (χ2v) is 6.32. The molecular weight excluding hydrogens is 387 g/mol. The van der Waals surface area contributed by atoms with Gasteiger partial charge in [-0.2, -0.15) is 13.2 Å². The fraction of sp³-hybridized carbons (Fsp3) is 0.562. The average molecular weight is 405 g/mol. The van der Waals surface area contributed by atoms with Gasteiger partial charge < -0.3 is 24.5 Å². The van der Waals surface area contributed by atoms with Crippen LogP contribution >= 0.6 is 0 Å². The van der Waals surface area contributed by atoms with E-state index >= 15 is 0 Å². The second-order valence-electron chi connectivity index (χ2n) is 6.32. The summed E-state index contributed by atoms with van der Waals surface area (Å²) in [5.41, 5.74) is 1.20. The molecule has 1 fully saturated rings. The minimum absolute atomic E-state index is 0.397. The normalized spacial score (nSPS) is 18.9. The molecule has 0 spiro atoms. The summed E-state index contributed by atoms with van der Waals surface area (Å²) in [6, 6.07) is -1.09. The van der Waals surface area contributed by atoms with Crippen LogP contribution in [0.4, 0.5) is 18.0 Å². The number of alkyl halides is 3. The first kappa shape index (κ1) is 20.0. The minimum Gasteiger partial charge on any atom is -0.430 e. The van der Waals surface area contributed by atoms with Gasteiger partial charge in [-0.05, 0) is 6.92 Å². The van der Waals surface area contributed by atoms with E-state index in [2.05, 4.69) is 5.43 Å². The Labute approximate surface area is 156 Å². The number of fused-ring (bicyclic) bond motifs is 1. The van der Waals surface area contributed by atoms with E-state index in [9.17, 15) is 27.6 Å². The summed E-state index contributed by atoms with van der Waals surface area (Å²) in [7, 11) is 0. The summed E-state index contributed by atoms with van der Waals surface area (Å²) in [6.45, 7) is 1.17. The van der Waals surface area contributed by atoms with Gasteiger partial charge in [0.2, 0.25) is 11.2 Å². The van der Waals surface area contributed by atoms with Crippen LogP contribution in [0.25, 0.3) is 0 Å². The lowest BCUT2D eigenvalue weighted by Crippen LogP contribution is -2.54. The Morgan fingerprint density at radius 3 is 2.64 bits per heavy atom. The maximum absolute atomic E-state index is 13.0. The number of carbonyl (C=O) groups excluding carboxylic acids is 2. The predicted molar refractivity (Wildman–Crippen MR) is 87.6 cm³/mol. The first-order chi connectivity index (χ1) is 13.2. The average Bonchev–Trinajstić information content (AvgIpc) is 2.64. The van der Waals surface area contributed by atoms with Gasteiger partial charge in [-0.15, -0.1) is 0 Å². The molecule has 154 valence electrons. The van der Waals surface area contributed by atoms with Crippen molar-refractivity contribution in [3.8, 4) is 5.75 Å². The zero-order valence-electron chi connectivity index (χ0n) is 14.8. The lowest BCUT2D eigenvalue weighted by atomic mass is 10.2. The van der Waals surface area contributed by atoms with Crippen molar-refractivity contribution in [1.82, 2.24) is 9.58 Å². The molecule has 12 heteroatoms. The van der Waals surface area contributed by atoms with E-state index < -0.39 is 53.9 Å². The third-order valence-corrected chi connectivity index (χ3v) is 4.49. The maximum Gasteiger partial charge on any atom is 0.514 e. The molecule has 1 N–H and O–H groups in total. The first-order valence-corrected chi connectivity index (χ1v) is 8.52. The van der Waals surface area contributed by atoms with Crippen LogP contribution in [-0.4, -0.2) is 59.8 Å². The molecule has 1 amide bonds. The number of amides is 1. The fourth-order valence-corrected chi connectivity index (χ4v) is 2.84. The molecule has 0 radical (unpaired) electrons. The Morgan fingerprint density at radius 2 is 2.00 bits per heavy atom. The van der Waals surface area contributed by atoms with Crippen LogP contribution in [-0.2, 0) is 9.47 Å². The second kappa shape index (κ2) is 7.70. The zero-order valence-corrected chi connectivity index (χ0v) is 14.8. The summed E-state index contributed by atoms with van der Waals surface area (Å²) >= 11 is 0. The lowest BCUT2D eigenvalue weighted by molar-refractivity contribution is -0.172. The van der Waals surface area contributed by atoms with Gasteiger partial charge in [0.1, 0.15) is 18.8 Å². The largest absolute Gasteiger partial charge is 0.514 e. The number of carbonyl (C=O) groups is 2. The van der Waals surface area contributed by atoms with Crippen LogP contribution < -0.4 is 15.6 Å². The van der Waals surface area contributed by atoms with Crippen LogP contribution in [0.3, 0.4) is 0 Å². The van der Waals surface area contributed by atoms with E-state index in [0.29, 0.717) is 31.0 Å². The van der Waals surface area contributed by atoms with Crippen molar-refractivity contribution in [3.63, 3.8) is 0 Å². The highest BCUT2D eigenvalue weighted by Crippen LogP contribution is 2.28. The molecule has 1 atom stereocenters. The highest BCUT2D eigenvalue weighted by atomic mass is 19.4. The summed E-state index contributed by atoms with van der Waals surface area (Å²) in [5.74, 6) is -1.80. The third-order valence-electron chi connectivity index (χ3n) is 4.49. The van der Waals surface area contributed by atoms with Crippen molar-refractivity contribution in [1.29, 1.82) is 0 Å². The SMILES string of the molecule is C[C@@H](N1CNn2ccc(=O)c(OC(=O)OC3CCOCC3)c2C1=O)C(F)(F)F. The van der Waals surface area contributed by atoms with E-state index in [1.54, 1.807) is 0 Å². The molecule has 3 rings (SSSR count). The van der Waals surface area contributed by atoms with Gasteiger partial charge in [0.25, 0.3) is 5.91 Å². The molecular formula is C16H18F3N3O6. The Bertz CT molecular complexity index is 819. The molecule has 0 saturated carbocycles. The minimum atomic E-state index is -4.67. The van der Waals surface area contributed by atoms with Crippen LogP contribution in [0.1, 0.15) is 30.3 Å². The molecule has 2 aliphatic heterocycles. The van der Waals surface area contributed by atoms with Crippen LogP contribution in [0, 0.1) is 0 Å². The molecule has 9 nitrogen and oxygen atoms in total. The highest BCUT2D eigenvalue weighted by Gasteiger charge is 2.45. The summed E-state index contributed by atoms with van der Waals surface area (Å²) < 4.78 is 55.3. The molecule has 0 unspecified atom stereocenters. The van der Waals surface area contributed by atoms with Crippen molar-refractivity contribution in [3.05, 3.63) is 28.2 Å². The number of rotatable bonds is 3. The van der Waals surface area contributed by atoms with Crippen molar-refractivity contribution >= 4 is 12.1 Å². The summed E-state index contributed by atoms with van der Waals surface area (Å²) in [4.78, 5) is 37.3. The number of ether oxygens (including phenoxy) is 3. The van der Waals surface area contributed by atoms with Gasteiger partial charge in [0.15, 0.2) is 5.69 Å². The molecule has 0 bridgehead atoms. The van der Waals surface area contributed by atoms with Crippen molar-refractivity contribution in [2.75, 3.05) is 25.3 Å². The number of hydrogen-bond acceptors (Lipinski definition) is 7. The molecule has 3 heterocycles. The van der Waals surface area contributed by atoms with Gasteiger partial charge in [-0.3, -0.25) is 14.3 Å². The van der Waals surface area contributed by atoms with Gasteiger partial charge >= 0.3 is 12.3 Å². The topological polar surface area (TPSA) is 99.1 Å². The highest BCUT2D eigenvalue weighted by molar-refractivity contribution is 5.97. The van der Waals surface area contributed by atoms with Gasteiger partial charge in [0.05, 0.1) is 13.2 Å². The molecule has 2 aliphatic rings. The van der Waals surface area contributed by atoms with E-state index in [0.717, 1.165) is 17.7 Å². The van der Waals surface area contributed by atoms with Gasteiger partial charge in [-0.1, -0.05) is 0 Å². The van der Waals surface area contributed by atoms with Crippen molar-refractivity contribution in [2.45, 2.75) is 38.1 Å². The molecule has 28 heavy (non-hydrogen) atoms. The summed E-state index contributed by atoms with van der Waals surface area (Å²) in [5, 5.41) is 0. The number of nitrogens with one attached hydrogen (secondary N) is 1. The van der Waals surface area contributed by atoms with E-state index in [-0.39, 0.29) is 0 Å². The number of aromatic nitrogens is 1. The van der Waals surface area contributed by atoms with Crippen molar-refractivity contribution in [2.24, 2.45) is 0 Å². The van der Waals surface area contributed by atoms with E-state index in [4.69, 9.17) is 14.2 Å². The van der Waals surface area contributed by atoms with Crippen LogP contribution in [0.2, 0.25) is 0 Å². The molecule has 1 aromatic rings. The number of hydrogen-bond donors (Lipinski definition) is 1. The number of halogens is 3. The Kier molecular flexibility index (Phi) is 5.49. The van der Waals surface area contributed by atoms with Gasteiger partial charge in [-0.25, -0.2) is 4.79 Å². The lowest BCUT2D eigenvalue weighted by Gasteiger charge is -2.36. The Morgan fingerprint density at radius 1 is 1.32 bits per heavy atom. The first-order valence-electron chi connectivity index (χ1n) is 8.52. The standard InChI is InChI=1S/C16H18F3N3O6/c1-9(16(17,18)19)21-8-20-22-5-2-11(23)13(12(22)14(21)24)28-15(25)27-10-3-6-26-7-4-10/h2,5,9-10,20H,3-4,6-8H2,1H3/t9-/m1/s1. The Balaban J connectivity index is 1.85. The number of nitrogens with zero attached hydrogens (tertiary/aromatic N) is 2. The zero-order chi connectivity index (χ0) is 20.5. The molecule has 1 saturated heterocycles. The van der Waals surface area contributed by atoms with Gasteiger partial charge in [0, 0.05) is 25.1 Å². The quantitative estimate of drug-likeness (QED) is 0.760. The monoisotopic (exact) mass is 405 g/mol. The smallest absolute Gasteiger partial charge is 0.430 e. The Hall–Kier alpha value is -2.76. The predicted octanol–water partition coefficient (Wildman–Crippen LogP) is 1.45. The number of pyridine rings is 1. The fourth-order valence-electron chi connectivity index (χ4n) is 2.84. The van der Waals surface area contributed by atoms with Crippen LogP contribution in [0.5, 0.6) is 5.75 Å². The van der Waals surface area contributed by atoms with E-state index in [1.165, 1.54) is 6.20 Å². The van der Waals surface area contributed by atoms with E-state index in [1.807, 2.05) is 0 Å². The molecule has 0 aliphatic carbocycles. The summed E-state index contributed by atoms with van der Waals surface area (Å²) in [6.07, 6.45) is -4.30. The third kappa shape index (κ3) is 4.06. The maximum atomic E-state index is 13.0.